The van der Waals surface area contributed by atoms with Crippen molar-refractivity contribution in [2.45, 2.75) is 40.7 Å². The second-order valence-electron chi connectivity index (χ2n) is 5.45. The molecule has 0 fully saturated rings. The van der Waals surface area contributed by atoms with Gasteiger partial charge in [-0.3, -0.25) is 0 Å². The number of carbonyl (C=O) groups is 1. The van der Waals surface area contributed by atoms with Crippen LogP contribution in [0.25, 0.3) is 5.57 Å². The largest absolute Gasteiger partial charge is 0.459 e. The molecule has 4 nitrogen and oxygen atoms in total. The number of esters is 1. The van der Waals surface area contributed by atoms with E-state index >= 15 is 0 Å². The molecule has 0 aliphatic rings. The summed E-state index contributed by atoms with van der Waals surface area (Å²) in [5, 5.41) is 2.22. The van der Waals surface area contributed by atoms with E-state index in [1.807, 2.05) is 40.7 Å². The standard InChI is InChI=1S/C13H20N2O2S/c1-8(2)17-11(16)9(6-13(3,4)5)10-7-18-12(14)15-10/h6-8H,1-5H3,(H2,14,15)/b9-6+. The van der Waals surface area contributed by atoms with Crippen molar-refractivity contribution in [2.75, 3.05) is 5.73 Å². The minimum atomic E-state index is -0.356. The lowest BCUT2D eigenvalue weighted by Crippen LogP contribution is -2.15. The minimum absolute atomic E-state index is 0.135. The number of carbonyl (C=O) groups excluding carboxylic acids is 1. The van der Waals surface area contributed by atoms with Gasteiger partial charge in [-0.05, 0) is 19.3 Å². The number of allylic oxidation sites excluding steroid dienone is 1. The van der Waals surface area contributed by atoms with Gasteiger partial charge in [0.05, 0.1) is 17.4 Å². The van der Waals surface area contributed by atoms with Gasteiger partial charge in [0.25, 0.3) is 0 Å². The van der Waals surface area contributed by atoms with Crippen molar-refractivity contribution in [3.05, 3.63) is 17.2 Å². The van der Waals surface area contributed by atoms with Crippen LogP contribution in [0.5, 0.6) is 0 Å². The van der Waals surface area contributed by atoms with Crippen LogP contribution in [0.3, 0.4) is 0 Å². The highest BCUT2D eigenvalue weighted by molar-refractivity contribution is 7.13. The molecule has 0 bridgehead atoms. The zero-order valence-corrected chi connectivity index (χ0v) is 12.3. The summed E-state index contributed by atoms with van der Waals surface area (Å²) in [7, 11) is 0. The number of nitrogens with two attached hydrogens (primary N) is 1. The van der Waals surface area contributed by atoms with Crippen LogP contribution < -0.4 is 5.73 Å². The number of hydrogen-bond acceptors (Lipinski definition) is 5. The molecule has 0 atom stereocenters. The molecule has 1 heterocycles. The molecule has 0 aliphatic heterocycles. The minimum Gasteiger partial charge on any atom is -0.459 e. The summed E-state index contributed by atoms with van der Waals surface area (Å²) >= 11 is 1.31. The Balaban J connectivity index is 3.11. The van der Waals surface area contributed by atoms with Crippen molar-refractivity contribution in [3.63, 3.8) is 0 Å². The SMILES string of the molecule is CC(C)OC(=O)/C(=C/C(C)(C)C)c1csc(N)n1. The molecule has 0 aliphatic carbocycles. The van der Waals surface area contributed by atoms with E-state index in [1.165, 1.54) is 11.3 Å². The Morgan fingerprint density at radius 2 is 2.11 bits per heavy atom. The predicted octanol–water partition coefficient (Wildman–Crippen LogP) is 3.11. The second-order valence-corrected chi connectivity index (χ2v) is 6.34. The molecule has 0 unspecified atom stereocenters. The van der Waals surface area contributed by atoms with Gasteiger partial charge in [-0.2, -0.15) is 0 Å². The first-order valence-corrected chi connectivity index (χ1v) is 6.72. The number of hydrogen-bond donors (Lipinski definition) is 1. The summed E-state index contributed by atoms with van der Waals surface area (Å²) in [6.07, 6.45) is 1.71. The number of nitrogens with zero attached hydrogens (tertiary/aromatic N) is 1. The van der Waals surface area contributed by atoms with Gasteiger partial charge in [-0.1, -0.05) is 26.8 Å². The summed E-state index contributed by atoms with van der Waals surface area (Å²) in [4.78, 5) is 16.2. The maximum absolute atomic E-state index is 12.1. The van der Waals surface area contributed by atoms with E-state index in [0.717, 1.165) is 0 Å². The third-order valence-electron chi connectivity index (χ3n) is 1.94. The summed E-state index contributed by atoms with van der Waals surface area (Å²) in [6.45, 7) is 9.70. The first-order valence-electron chi connectivity index (χ1n) is 5.84. The fraction of sp³-hybridized carbons (Fsp3) is 0.538. The van der Waals surface area contributed by atoms with Crippen LogP contribution in [-0.4, -0.2) is 17.1 Å². The number of ether oxygens (including phenoxy) is 1. The Kier molecular flexibility index (Phi) is 4.51. The maximum atomic E-state index is 12.1. The highest BCUT2D eigenvalue weighted by atomic mass is 32.1. The Morgan fingerprint density at radius 1 is 1.50 bits per heavy atom. The lowest BCUT2D eigenvalue weighted by molar-refractivity contribution is -0.140. The first kappa shape index (κ1) is 14.7. The van der Waals surface area contributed by atoms with Gasteiger partial charge in [0.2, 0.25) is 0 Å². The third-order valence-corrected chi connectivity index (χ3v) is 2.61. The molecule has 0 radical (unpaired) electrons. The van der Waals surface area contributed by atoms with Crippen LogP contribution in [0.2, 0.25) is 0 Å². The normalized spacial score (nSPS) is 12.9. The molecule has 100 valence electrons. The molecule has 1 aromatic heterocycles. The van der Waals surface area contributed by atoms with Crippen LogP contribution in [0.15, 0.2) is 11.5 Å². The van der Waals surface area contributed by atoms with Gasteiger partial charge in [0.1, 0.15) is 0 Å². The third kappa shape index (κ3) is 4.49. The lowest BCUT2D eigenvalue weighted by atomic mass is 9.92. The number of nitrogen functional groups attached to an aromatic ring is 1. The molecule has 1 rings (SSSR count). The van der Waals surface area contributed by atoms with Crippen molar-refractivity contribution in [1.29, 1.82) is 0 Å². The average molecular weight is 268 g/mol. The van der Waals surface area contributed by atoms with Crippen LogP contribution >= 0.6 is 11.3 Å². The van der Waals surface area contributed by atoms with E-state index in [2.05, 4.69) is 4.98 Å². The average Bonchev–Trinajstić information content (AvgIpc) is 2.58. The molecule has 0 saturated heterocycles. The Morgan fingerprint density at radius 3 is 2.50 bits per heavy atom. The molecular formula is C13H20N2O2S. The predicted molar refractivity (Wildman–Crippen MR) is 75.2 cm³/mol. The number of aromatic nitrogens is 1. The summed E-state index contributed by atoms with van der Waals surface area (Å²) < 4.78 is 5.24. The van der Waals surface area contributed by atoms with E-state index < -0.39 is 0 Å². The van der Waals surface area contributed by atoms with Gasteiger partial charge >= 0.3 is 5.97 Å². The zero-order chi connectivity index (χ0) is 13.9. The fourth-order valence-corrected chi connectivity index (χ4v) is 1.92. The summed E-state index contributed by atoms with van der Waals surface area (Å²) in [6, 6.07) is 0. The van der Waals surface area contributed by atoms with Crippen molar-refractivity contribution in [2.24, 2.45) is 5.41 Å². The van der Waals surface area contributed by atoms with E-state index in [9.17, 15) is 4.79 Å². The van der Waals surface area contributed by atoms with Gasteiger partial charge in [0, 0.05) is 5.38 Å². The van der Waals surface area contributed by atoms with Crippen molar-refractivity contribution >= 4 is 28.0 Å². The van der Waals surface area contributed by atoms with Crippen LogP contribution in [0, 0.1) is 5.41 Å². The summed E-state index contributed by atoms with van der Waals surface area (Å²) in [5.74, 6) is -0.356. The van der Waals surface area contributed by atoms with Gasteiger partial charge in [-0.15, -0.1) is 11.3 Å². The Hall–Kier alpha value is -1.36. The highest BCUT2D eigenvalue weighted by Gasteiger charge is 2.21. The quantitative estimate of drug-likeness (QED) is 0.675. The van der Waals surface area contributed by atoms with Gasteiger partial charge in [-0.25, -0.2) is 9.78 Å². The molecule has 5 heteroatoms. The van der Waals surface area contributed by atoms with E-state index in [4.69, 9.17) is 10.5 Å². The van der Waals surface area contributed by atoms with E-state index in [0.29, 0.717) is 16.4 Å². The zero-order valence-electron chi connectivity index (χ0n) is 11.5. The molecule has 0 saturated carbocycles. The maximum Gasteiger partial charge on any atom is 0.340 e. The first-order chi connectivity index (χ1) is 8.19. The highest BCUT2D eigenvalue weighted by Crippen LogP contribution is 2.26. The van der Waals surface area contributed by atoms with Crippen molar-refractivity contribution < 1.29 is 9.53 Å². The van der Waals surface area contributed by atoms with Crippen molar-refractivity contribution in [1.82, 2.24) is 4.98 Å². The second kappa shape index (κ2) is 5.52. The molecule has 18 heavy (non-hydrogen) atoms. The smallest absolute Gasteiger partial charge is 0.340 e. The molecule has 0 aromatic carbocycles. The van der Waals surface area contributed by atoms with E-state index in [1.54, 1.807) is 5.38 Å². The van der Waals surface area contributed by atoms with Crippen LogP contribution in [-0.2, 0) is 9.53 Å². The van der Waals surface area contributed by atoms with Gasteiger partial charge in [0.15, 0.2) is 5.13 Å². The van der Waals surface area contributed by atoms with Gasteiger partial charge < -0.3 is 10.5 Å². The molecule has 1 aromatic rings. The molecule has 0 amide bonds. The van der Waals surface area contributed by atoms with Crippen LogP contribution in [0.4, 0.5) is 5.13 Å². The molecule has 0 spiro atoms. The number of thiazole rings is 1. The van der Waals surface area contributed by atoms with E-state index in [-0.39, 0.29) is 17.5 Å². The molecular weight excluding hydrogens is 248 g/mol. The number of rotatable bonds is 3. The topological polar surface area (TPSA) is 65.2 Å². The Bertz CT molecular complexity index is 456. The van der Waals surface area contributed by atoms with Crippen LogP contribution in [0.1, 0.15) is 40.3 Å². The number of anilines is 1. The molecule has 2 N–H and O–H groups in total. The van der Waals surface area contributed by atoms with Crippen molar-refractivity contribution in [3.8, 4) is 0 Å². The fourth-order valence-electron chi connectivity index (χ4n) is 1.36. The lowest BCUT2D eigenvalue weighted by Gasteiger charge is -2.16. The summed E-state index contributed by atoms with van der Waals surface area (Å²) in [5.41, 5.74) is 6.53. The Labute approximate surface area is 112 Å². The monoisotopic (exact) mass is 268 g/mol.